The molecular formula is C19H29NS. The zero-order chi connectivity index (χ0) is 15.1. The molecule has 1 N–H and O–H groups in total. The predicted octanol–water partition coefficient (Wildman–Crippen LogP) is 6.16. The molecule has 116 valence electrons. The largest absolute Gasteiger partial charge is 0.310 e. The van der Waals surface area contributed by atoms with Gasteiger partial charge >= 0.3 is 0 Å². The summed E-state index contributed by atoms with van der Waals surface area (Å²) in [7, 11) is 0. The number of rotatable bonds is 9. The minimum absolute atomic E-state index is 0.507. The average Bonchev–Trinajstić information content (AvgIpc) is 2.94. The maximum Gasteiger partial charge on any atom is 0.0346 e. The van der Waals surface area contributed by atoms with Gasteiger partial charge in [0, 0.05) is 10.7 Å². The zero-order valence-corrected chi connectivity index (χ0v) is 14.5. The molecule has 0 amide bonds. The number of benzene rings is 1. The van der Waals surface area contributed by atoms with Gasteiger partial charge in [0.25, 0.3) is 0 Å². The van der Waals surface area contributed by atoms with Crippen molar-refractivity contribution in [2.75, 3.05) is 6.54 Å². The Balaban J connectivity index is 2.17. The molecule has 0 fully saturated rings. The van der Waals surface area contributed by atoms with Crippen molar-refractivity contribution in [2.24, 2.45) is 5.92 Å². The van der Waals surface area contributed by atoms with Crippen LogP contribution >= 0.6 is 11.3 Å². The highest BCUT2D eigenvalue weighted by Crippen LogP contribution is 2.34. The van der Waals surface area contributed by atoms with E-state index in [0.717, 1.165) is 12.5 Å². The SMILES string of the molecule is CCCCC(CC)CC(NCC)c1csc2ccccc12. The minimum atomic E-state index is 0.507. The van der Waals surface area contributed by atoms with Gasteiger partial charge in [-0.2, -0.15) is 0 Å². The van der Waals surface area contributed by atoms with E-state index in [1.54, 1.807) is 0 Å². The second-order valence-corrected chi connectivity index (χ2v) is 6.86. The second-order valence-electron chi connectivity index (χ2n) is 5.95. The van der Waals surface area contributed by atoms with Crippen molar-refractivity contribution in [3.05, 3.63) is 35.2 Å². The van der Waals surface area contributed by atoms with Gasteiger partial charge in [-0.1, -0.05) is 64.7 Å². The first kappa shape index (κ1) is 16.5. The van der Waals surface area contributed by atoms with E-state index in [-0.39, 0.29) is 0 Å². The lowest BCUT2D eigenvalue weighted by Crippen LogP contribution is -2.23. The summed E-state index contributed by atoms with van der Waals surface area (Å²) >= 11 is 1.88. The van der Waals surface area contributed by atoms with Crippen molar-refractivity contribution in [1.29, 1.82) is 0 Å². The summed E-state index contributed by atoms with van der Waals surface area (Å²) in [5, 5.41) is 7.53. The molecule has 0 aliphatic rings. The molecule has 0 spiro atoms. The van der Waals surface area contributed by atoms with E-state index < -0.39 is 0 Å². The van der Waals surface area contributed by atoms with Gasteiger partial charge in [-0.3, -0.25) is 0 Å². The molecule has 1 aromatic heterocycles. The topological polar surface area (TPSA) is 12.0 Å². The van der Waals surface area contributed by atoms with Crippen LogP contribution < -0.4 is 5.32 Å². The van der Waals surface area contributed by atoms with E-state index in [0.29, 0.717) is 6.04 Å². The van der Waals surface area contributed by atoms with Crippen molar-refractivity contribution in [3.63, 3.8) is 0 Å². The molecule has 0 saturated carbocycles. The molecule has 21 heavy (non-hydrogen) atoms. The maximum atomic E-state index is 3.73. The Hall–Kier alpha value is -0.860. The van der Waals surface area contributed by atoms with Crippen LogP contribution in [0.3, 0.4) is 0 Å². The van der Waals surface area contributed by atoms with Crippen LogP contribution in [0.15, 0.2) is 29.6 Å². The molecular weight excluding hydrogens is 274 g/mol. The zero-order valence-electron chi connectivity index (χ0n) is 13.7. The molecule has 0 aliphatic heterocycles. The normalized spacial score (nSPS) is 14.4. The quantitative estimate of drug-likeness (QED) is 0.585. The molecule has 2 rings (SSSR count). The van der Waals surface area contributed by atoms with Gasteiger partial charge in [-0.25, -0.2) is 0 Å². The van der Waals surface area contributed by atoms with Crippen LogP contribution in [-0.2, 0) is 0 Å². The maximum absolute atomic E-state index is 3.73. The standard InChI is InChI=1S/C19H29NS/c1-4-7-10-15(5-2)13-18(20-6-3)17-14-21-19-12-9-8-11-16(17)19/h8-9,11-12,14-15,18,20H,4-7,10,13H2,1-3H3. The molecule has 2 aromatic rings. The van der Waals surface area contributed by atoms with Gasteiger partial charge in [-0.05, 0) is 41.3 Å². The third kappa shape index (κ3) is 4.31. The highest BCUT2D eigenvalue weighted by atomic mass is 32.1. The van der Waals surface area contributed by atoms with E-state index in [2.05, 4.69) is 55.7 Å². The van der Waals surface area contributed by atoms with Crippen molar-refractivity contribution in [3.8, 4) is 0 Å². The summed E-state index contributed by atoms with van der Waals surface area (Å²) in [5.41, 5.74) is 1.51. The van der Waals surface area contributed by atoms with Crippen molar-refractivity contribution in [1.82, 2.24) is 5.32 Å². The van der Waals surface area contributed by atoms with Crippen molar-refractivity contribution in [2.45, 2.75) is 58.9 Å². The lowest BCUT2D eigenvalue weighted by atomic mass is 9.89. The molecule has 0 bridgehead atoms. The Morgan fingerprint density at radius 3 is 2.67 bits per heavy atom. The lowest BCUT2D eigenvalue weighted by molar-refractivity contribution is 0.358. The molecule has 2 unspecified atom stereocenters. The van der Waals surface area contributed by atoms with Gasteiger partial charge in [-0.15, -0.1) is 11.3 Å². The summed E-state index contributed by atoms with van der Waals surface area (Å²) in [4.78, 5) is 0. The van der Waals surface area contributed by atoms with Crippen LogP contribution in [0.4, 0.5) is 0 Å². The Morgan fingerprint density at radius 1 is 1.14 bits per heavy atom. The third-order valence-corrected chi connectivity index (χ3v) is 5.43. The molecule has 0 radical (unpaired) electrons. The number of hydrogen-bond acceptors (Lipinski definition) is 2. The van der Waals surface area contributed by atoms with Crippen LogP contribution in [0.1, 0.15) is 64.5 Å². The van der Waals surface area contributed by atoms with Crippen molar-refractivity contribution >= 4 is 21.4 Å². The summed E-state index contributed by atoms with van der Waals surface area (Å²) in [6.45, 7) is 7.89. The van der Waals surface area contributed by atoms with Crippen LogP contribution in [0, 0.1) is 5.92 Å². The second kappa shape index (κ2) is 8.55. The lowest BCUT2D eigenvalue weighted by Gasteiger charge is -2.23. The Morgan fingerprint density at radius 2 is 1.95 bits per heavy atom. The molecule has 0 aliphatic carbocycles. The van der Waals surface area contributed by atoms with E-state index >= 15 is 0 Å². The fraction of sp³-hybridized carbons (Fsp3) is 0.579. The van der Waals surface area contributed by atoms with Crippen LogP contribution in [0.2, 0.25) is 0 Å². The highest BCUT2D eigenvalue weighted by Gasteiger charge is 2.19. The Kier molecular flexibility index (Phi) is 6.72. The number of thiophene rings is 1. The summed E-state index contributed by atoms with van der Waals surface area (Å²) in [6, 6.07) is 9.32. The van der Waals surface area contributed by atoms with Crippen LogP contribution in [0.5, 0.6) is 0 Å². The van der Waals surface area contributed by atoms with Gasteiger partial charge in [0.2, 0.25) is 0 Å². The minimum Gasteiger partial charge on any atom is -0.310 e. The van der Waals surface area contributed by atoms with Gasteiger partial charge in [0.15, 0.2) is 0 Å². The molecule has 1 aromatic carbocycles. The van der Waals surface area contributed by atoms with Crippen LogP contribution in [0.25, 0.3) is 10.1 Å². The average molecular weight is 304 g/mol. The fourth-order valence-corrected chi connectivity index (χ4v) is 4.16. The van der Waals surface area contributed by atoms with E-state index in [4.69, 9.17) is 0 Å². The highest BCUT2D eigenvalue weighted by molar-refractivity contribution is 7.17. The summed E-state index contributed by atoms with van der Waals surface area (Å²) in [6.07, 6.45) is 6.61. The van der Waals surface area contributed by atoms with Crippen molar-refractivity contribution < 1.29 is 0 Å². The third-order valence-electron chi connectivity index (χ3n) is 4.45. The van der Waals surface area contributed by atoms with E-state index in [9.17, 15) is 0 Å². The van der Waals surface area contributed by atoms with Gasteiger partial charge < -0.3 is 5.32 Å². The van der Waals surface area contributed by atoms with E-state index in [1.165, 1.54) is 47.8 Å². The Labute approximate surface area is 133 Å². The molecule has 1 nitrogen and oxygen atoms in total. The number of unbranched alkanes of at least 4 members (excludes halogenated alkanes) is 1. The summed E-state index contributed by atoms with van der Waals surface area (Å²) < 4.78 is 1.41. The Bertz CT molecular complexity index is 531. The summed E-state index contributed by atoms with van der Waals surface area (Å²) in [5.74, 6) is 0.840. The predicted molar refractivity (Wildman–Crippen MR) is 96.2 cm³/mol. The fourth-order valence-electron chi connectivity index (χ4n) is 3.15. The molecule has 2 heteroatoms. The number of hydrogen-bond donors (Lipinski definition) is 1. The number of nitrogens with one attached hydrogen (secondary N) is 1. The van der Waals surface area contributed by atoms with E-state index in [1.807, 2.05) is 11.3 Å². The van der Waals surface area contributed by atoms with Gasteiger partial charge in [0.05, 0.1) is 0 Å². The molecule has 0 saturated heterocycles. The smallest absolute Gasteiger partial charge is 0.0346 e. The monoisotopic (exact) mass is 303 g/mol. The number of fused-ring (bicyclic) bond motifs is 1. The molecule has 1 heterocycles. The van der Waals surface area contributed by atoms with Gasteiger partial charge in [0.1, 0.15) is 0 Å². The molecule has 2 atom stereocenters. The van der Waals surface area contributed by atoms with Crippen LogP contribution in [-0.4, -0.2) is 6.54 Å². The first-order chi connectivity index (χ1) is 10.3. The first-order valence-electron chi connectivity index (χ1n) is 8.49. The first-order valence-corrected chi connectivity index (χ1v) is 9.37.